The van der Waals surface area contributed by atoms with Crippen LogP contribution in [-0.4, -0.2) is 37.4 Å². The van der Waals surface area contributed by atoms with Gasteiger partial charge in [-0.05, 0) is 73.1 Å². The minimum atomic E-state index is -1.36. The van der Waals surface area contributed by atoms with Gasteiger partial charge in [-0.1, -0.05) is 24.3 Å². The molecule has 0 fully saturated rings. The molecule has 6 nitrogen and oxygen atoms in total. The maximum Gasteiger partial charge on any atom is 0.324 e. The van der Waals surface area contributed by atoms with Gasteiger partial charge in [0, 0.05) is 0 Å². The minimum absolute atomic E-state index is 0.120. The molecule has 0 saturated heterocycles. The molecule has 0 aromatic heterocycles. The van der Waals surface area contributed by atoms with Gasteiger partial charge in [-0.25, -0.2) is 0 Å². The summed E-state index contributed by atoms with van der Waals surface area (Å²) in [5.41, 5.74) is 3.25. The molecule has 2 aromatic rings. The van der Waals surface area contributed by atoms with E-state index >= 15 is 0 Å². The van der Waals surface area contributed by atoms with Gasteiger partial charge in [-0.3, -0.25) is 9.59 Å². The fourth-order valence-electron chi connectivity index (χ4n) is 4.02. The SMILES string of the molecule is CCOC(=O)C1(C(=O)OCC)Cc2cc(CO)c(Cc3ccc(OC)cc3)cc2C1. The molecule has 30 heavy (non-hydrogen) atoms. The monoisotopic (exact) mass is 412 g/mol. The molecular weight excluding hydrogens is 384 g/mol. The number of methoxy groups -OCH3 is 1. The summed E-state index contributed by atoms with van der Waals surface area (Å²) >= 11 is 0. The van der Waals surface area contributed by atoms with Crippen molar-refractivity contribution in [3.63, 3.8) is 0 Å². The number of fused-ring (bicyclic) bond motifs is 1. The van der Waals surface area contributed by atoms with Crippen molar-refractivity contribution in [1.29, 1.82) is 0 Å². The van der Waals surface area contributed by atoms with E-state index in [1.165, 1.54) is 0 Å². The maximum atomic E-state index is 12.8. The lowest BCUT2D eigenvalue weighted by Crippen LogP contribution is -2.43. The molecule has 6 heteroatoms. The van der Waals surface area contributed by atoms with E-state index in [1.807, 2.05) is 36.4 Å². The highest BCUT2D eigenvalue weighted by Crippen LogP contribution is 2.41. The van der Waals surface area contributed by atoms with Crippen LogP contribution >= 0.6 is 0 Å². The third-order valence-corrected chi connectivity index (χ3v) is 5.56. The number of carbonyl (C=O) groups is 2. The fraction of sp³-hybridized carbons (Fsp3) is 0.417. The van der Waals surface area contributed by atoms with Gasteiger partial charge in [0.25, 0.3) is 0 Å². The van der Waals surface area contributed by atoms with Crippen LogP contribution in [0.4, 0.5) is 0 Å². The summed E-state index contributed by atoms with van der Waals surface area (Å²) in [6.45, 7) is 3.71. The Morgan fingerprint density at radius 3 is 1.93 bits per heavy atom. The zero-order chi connectivity index (χ0) is 21.7. The molecule has 1 N–H and O–H groups in total. The van der Waals surface area contributed by atoms with Crippen molar-refractivity contribution in [2.75, 3.05) is 20.3 Å². The Bertz CT molecular complexity index is 898. The molecule has 0 saturated carbocycles. The van der Waals surface area contributed by atoms with E-state index in [2.05, 4.69) is 0 Å². The summed E-state index contributed by atoms with van der Waals surface area (Å²) in [5.74, 6) is -0.326. The second-order valence-corrected chi connectivity index (χ2v) is 7.45. The summed E-state index contributed by atoms with van der Waals surface area (Å²) in [6.07, 6.45) is 1.08. The van der Waals surface area contributed by atoms with E-state index in [0.717, 1.165) is 33.6 Å². The Labute approximate surface area is 176 Å². The highest BCUT2D eigenvalue weighted by molar-refractivity contribution is 6.01. The minimum Gasteiger partial charge on any atom is -0.497 e. The average molecular weight is 412 g/mol. The maximum absolute atomic E-state index is 12.8. The average Bonchev–Trinajstić information content (AvgIpc) is 3.14. The molecule has 160 valence electrons. The number of aliphatic hydroxyl groups excluding tert-OH is 1. The lowest BCUT2D eigenvalue weighted by Gasteiger charge is -2.23. The van der Waals surface area contributed by atoms with Gasteiger partial charge >= 0.3 is 11.9 Å². The third-order valence-electron chi connectivity index (χ3n) is 5.56. The Balaban J connectivity index is 1.94. The highest BCUT2D eigenvalue weighted by Gasteiger charge is 2.53. The predicted octanol–water partition coefficient (Wildman–Crippen LogP) is 2.99. The molecule has 0 spiro atoms. The zero-order valence-electron chi connectivity index (χ0n) is 17.7. The molecule has 0 amide bonds. The molecule has 0 atom stereocenters. The van der Waals surface area contributed by atoms with Gasteiger partial charge in [0.2, 0.25) is 0 Å². The lowest BCUT2D eigenvalue weighted by molar-refractivity contribution is -0.171. The normalized spacial score (nSPS) is 14.1. The van der Waals surface area contributed by atoms with Crippen molar-refractivity contribution in [2.45, 2.75) is 39.7 Å². The molecule has 0 radical (unpaired) electrons. The van der Waals surface area contributed by atoms with E-state index in [9.17, 15) is 14.7 Å². The molecule has 1 aliphatic carbocycles. The van der Waals surface area contributed by atoms with Crippen LogP contribution in [0.1, 0.15) is 41.7 Å². The van der Waals surface area contributed by atoms with Crippen LogP contribution in [0.3, 0.4) is 0 Å². The molecule has 0 bridgehead atoms. The van der Waals surface area contributed by atoms with Crippen LogP contribution in [0.15, 0.2) is 36.4 Å². The Morgan fingerprint density at radius 2 is 1.47 bits per heavy atom. The van der Waals surface area contributed by atoms with E-state index in [4.69, 9.17) is 14.2 Å². The second-order valence-electron chi connectivity index (χ2n) is 7.45. The zero-order valence-corrected chi connectivity index (χ0v) is 17.7. The van der Waals surface area contributed by atoms with Crippen molar-refractivity contribution in [2.24, 2.45) is 5.41 Å². The number of hydrogen-bond acceptors (Lipinski definition) is 6. The number of rotatable bonds is 8. The lowest BCUT2D eigenvalue weighted by atomic mass is 9.84. The van der Waals surface area contributed by atoms with Crippen LogP contribution in [0, 0.1) is 5.41 Å². The molecule has 2 aromatic carbocycles. The van der Waals surface area contributed by atoms with Gasteiger partial charge in [0.1, 0.15) is 5.75 Å². The molecule has 3 rings (SSSR count). The highest BCUT2D eigenvalue weighted by atomic mass is 16.6. The number of esters is 2. The number of aliphatic hydroxyl groups is 1. The molecule has 0 heterocycles. The van der Waals surface area contributed by atoms with Crippen molar-refractivity contribution in [1.82, 2.24) is 0 Å². The van der Waals surface area contributed by atoms with Crippen molar-refractivity contribution in [3.05, 3.63) is 64.2 Å². The largest absolute Gasteiger partial charge is 0.497 e. The van der Waals surface area contributed by atoms with Crippen LogP contribution in [0.5, 0.6) is 5.75 Å². The topological polar surface area (TPSA) is 82.1 Å². The molecular formula is C24H28O6. The standard InChI is InChI=1S/C24H28O6/c1-4-29-22(26)24(23(27)30-5-2)13-18-11-17(20(15-25)12-19(18)14-24)10-16-6-8-21(28-3)9-7-16/h6-9,11-12,25H,4-5,10,13-15H2,1-3H3. The van der Waals surface area contributed by atoms with Gasteiger partial charge in [0.15, 0.2) is 5.41 Å². The quantitative estimate of drug-likeness (QED) is 0.530. The van der Waals surface area contributed by atoms with E-state index < -0.39 is 17.4 Å². The molecule has 0 unspecified atom stereocenters. The first-order valence-electron chi connectivity index (χ1n) is 10.2. The third kappa shape index (κ3) is 4.19. The first-order valence-corrected chi connectivity index (χ1v) is 10.2. The van der Waals surface area contributed by atoms with Crippen molar-refractivity contribution in [3.8, 4) is 5.75 Å². The predicted molar refractivity (Wildman–Crippen MR) is 111 cm³/mol. The first-order chi connectivity index (χ1) is 14.5. The van der Waals surface area contributed by atoms with Gasteiger partial charge in [-0.15, -0.1) is 0 Å². The van der Waals surface area contributed by atoms with Crippen LogP contribution < -0.4 is 4.74 Å². The number of ether oxygens (including phenoxy) is 3. The fourth-order valence-corrected chi connectivity index (χ4v) is 4.02. The number of hydrogen-bond donors (Lipinski definition) is 1. The first kappa shape index (κ1) is 21.8. The number of carbonyl (C=O) groups excluding carboxylic acids is 2. The smallest absolute Gasteiger partial charge is 0.324 e. The summed E-state index contributed by atoms with van der Waals surface area (Å²) in [4.78, 5) is 25.5. The Hall–Kier alpha value is -2.86. The Morgan fingerprint density at radius 1 is 0.933 bits per heavy atom. The van der Waals surface area contributed by atoms with E-state index in [1.54, 1.807) is 21.0 Å². The van der Waals surface area contributed by atoms with Crippen LogP contribution in [-0.2, 0) is 44.9 Å². The summed E-state index contributed by atoms with van der Waals surface area (Å²) in [7, 11) is 1.62. The molecule has 0 aliphatic heterocycles. The summed E-state index contributed by atoms with van der Waals surface area (Å²) in [5, 5.41) is 9.92. The summed E-state index contributed by atoms with van der Waals surface area (Å²) in [6, 6.07) is 11.6. The summed E-state index contributed by atoms with van der Waals surface area (Å²) < 4.78 is 15.7. The van der Waals surface area contributed by atoms with Crippen LogP contribution in [0.2, 0.25) is 0 Å². The van der Waals surface area contributed by atoms with Crippen molar-refractivity contribution >= 4 is 11.9 Å². The second kappa shape index (κ2) is 9.30. The van der Waals surface area contributed by atoms with Gasteiger partial charge in [0.05, 0.1) is 26.9 Å². The van der Waals surface area contributed by atoms with Gasteiger partial charge in [-0.2, -0.15) is 0 Å². The van der Waals surface area contributed by atoms with E-state index in [-0.39, 0.29) is 32.7 Å². The van der Waals surface area contributed by atoms with E-state index in [0.29, 0.717) is 6.42 Å². The Kier molecular flexibility index (Phi) is 6.77. The van der Waals surface area contributed by atoms with Crippen molar-refractivity contribution < 1.29 is 28.9 Å². The number of benzene rings is 2. The van der Waals surface area contributed by atoms with Crippen LogP contribution in [0.25, 0.3) is 0 Å². The molecule has 1 aliphatic rings. The van der Waals surface area contributed by atoms with Gasteiger partial charge < -0.3 is 19.3 Å².